The molecule has 0 unspecified atom stereocenters. The minimum absolute atomic E-state index is 0.0190. The average Bonchev–Trinajstić information content (AvgIpc) is 3.10. The second-order valence-corrected chi connectivity index (χ2v) is 6.44. The molecule has 0 fully saturated rings. The lowest BCUT2D eigenvalue weighted by Crippen LogP contribution is -2.12. The molecule has 3 rings (SSSR count). The Bertz CT molecular complexity index is 1150. The van der Waals surface area contributed by atoms with Crippen molar-refractivity contribution in [3.05, 3.63) is 72.2 Å². The second-order valence-electron chi connectivity index (χ2n) is 6.44. The standard InChI is InChI=1S/C20H15F5N4O/c1-10(19(26)30)11-3-5-14(12(7-11)16-8-29(2)9-27-16)28-15-6-4-13(20(23,24)25)17(21)18(15)22/h3-9,28H,1H2,2H3,(H2,26,30). The molecule has 0 spiro atoms. The number of carbonyl (C=O) groups excluding carboxylic acids is 1. The maximum Gasteiger partial charge on any atom is 0.419 e. The van der Waals surface area contributed by atoms with Crippen molar-refractivity contribution in [2.24, 2.45) is 12.8 Å². The minimum Gasteiger partial charge on any atom is -0.366 e. The van der Waals surface area contributed by atoms with Gasteiger partial charge >= 0.3 is 6.18 Å². The lowest BCUT2D eigenvalue weighted by molar-refractivity contribution is -0.140. The van der Waals surface area contributed by atoms with Gasteiger partial charge in [0.1, 0.15) is 0 Å². The van der Waals surface area contributed by atoms with E-state index >= 15 is 0 Å². The number of rotatable bonds is 5. The molecule has 5 nitrogen and oxygen atoms in total. The number of primary amides is 1. The second kappa shape index (κ2) is 7.62. The predicted octanol–water partition coefficient (Wildman–Crippen LogP) is 4.63. The highest BCUT2D eigenvalue weighted by Crippen LogP contribution is 2.37. The average molecular weight is 422 g/mol. The zero-order valence-corrected chi connectivity index (χ0v) is 15.5. The molecule has 1 heterocycles. The largest absolute Gasteiger partial charge is 0.419 e. The van der Waals surface area contributed by atoms with Crippen molar-refractivity contribution in [2.75, 3.05) is 5.32 Å². The van der Waals surface area contributed by atoms with Crippen molar-refractivity contribution in [1.29, 1.82) is 0 Å². The van der Waals surface area contributed by atoms with Crippen LogP contribution in [0, 0.1) is 11.6 Å². The third-order valence-corrected chi connectivity index (χ3v) is 4.30. The molecule has 1 amide bonds. The van der Waals surface area contributed by atoms with E-state index in [4.69, 9.17) is 5.73 Å². The number of benzene rings is 2. The van der Waals surface area contributed by atoms with E-state index in [2.05, 4.69) is 16.9 Å². The summed E-state index contributed by atoms with van der Waals surface area (Å²) in [6.07, 6.45) is -1.91. The van der Waals surface area contributed by atoms with Gasteiger partial charge in [0.05, 0.1) is 23.3 Å². The highest BCUT2D eigenvalue weighted by Gasteiger charge is 2.36. The lowest BCUT2D eigenvalue weighted by Gasteiger charge is -2.15. The molecule has 0 aliphatic heterocycles. The van der Waals surface area contributed by atoms with Crippen LogP contribution < -0.4 is 11.1 Å². The Labute approximate surface area is 167 Å². The molecule has 156 valence electrons. The lowest BCUT2D eigenvalue weighted by atomic mass is 10.0. The summed E-state index contributed by atoms with van der Waals surface area (Å²) in [6, 6.07) is 5.64. The van der Waals surface area contributed by atoms with Gasteiger partial charge in [-0.25, -0.2) is 13.8 Å². The van der Waals surface area contributed by atoms with Gasteiger partial charge in [0.25, 0.3) is 0 Å². The van der Waals surface area contributed by atoms with Gasteiger partial charge < -0.3 is 15.6 Å². The van der Waals surface area contributed by atoms with Crippen LogP contribution in [-0.2, 0) is 18.0 Å². The summed E-state index contributed by atoms with van der Waals surface area (Å²) in [5.74, 6) is -4.44. The van der Waals surface area contributed by atoms with Crippen LogP contribution in [0.5, 0.6) is 0 Å². The Balaban J connectivity index is 2.09. The number of imidazole rings is 1. The molecule has 0 bridgehead atoms. The van der Waals surface area contributed by atoms with E-state index in [0.717, 1.165) is 6.07 Å². The van der Waals surface area contributed by atoms with E-state index in [1.165, 1.54) is 24.5 Å². The van der Waals surface area contributed by atoms with Crippen LogP contribution >= 0.6 is 0 Å². The van der Waals surface area contributed by atoms with Gasteiger partial charge in [-0.15, -0.1) is 0 Å². The van der Waals surface area contributed by atoms with Crippen molar-refractivity contribution >= 4 is 22.9 Å². The number of halogens is 5. The van der Waals surface area contributed by atoms with Crippen LogP contribution in [0.25, 0.3) is 16.8 Å². The fraction of sp³-hybridized carbons (Fsp3) is 0.100. The van der Waals surface area contributed by atoms with Crippen molar-refractivity contribution in [2.45, 2.75) is 6.18 Å². The third-order valence-electron chi connectivity index (χ3n) is 4.30. The number of nitrogens with two attached hydrogens (primary N) is 1. The monoisotopic (exact) mass is 422 g/mol. The summed E-state index contributed by atoms with van der Waals surface area (Å²) in [6.45, 7) is 3.60. The number of nitrogens with zero attached hydrogens (tertiary/aromatic N) is 2. The molecule has 0 atom stereocenters. The van der Waals surface area contributed by atoms with Crippen molar-refractivity contribution in [3.8, 4) is 11.3 Å². The fourth-order valence-electron chi connectivity index (χ4n) is 2.76. The molecular weight excluding hydrogens is 407 g/mol. The molecule has 2 aromatic carbocycles. The van der Waals surface area contributed by atoms with Gasteiger partial charge in [0.2, 0.25) is 5.91 Å². The zero-order chi connectivity index (χ0) is 22.2. The van der Waals surface area contributed by atoms with Crippen LogP contribution in [0.2, 0.25) is 0 Å². The van der Waals surface area contributed by atoms with Crippen LogP contribution in [0.1, 0.15) is 11.1 Å². The quantitative estimate of drug-likeness (QED) is 0.465. The van der Waals surface area contributed by atoms with Gasteiger partial charge in [-0.2, -0.15) is 13.2 Å². The molecule has 1 aromatic heterocycles. The Morgan fingerprint density at radius 1 is 1.13 bits per heavy atom. The maximum atomic E-state index is 14.3. The van der Waals surface area contributed by atoms with Gasteiger partial charge in [-0.1, -0.05) is 12.6 Å². The number of hydrogen-bond donors (Lipinski definition) is 2. The molecule has 0 saturated heterocycles. The number of alkyl halides is 3. The smallest absolute Gasteiger partial charge is 0.366 e. The Kier molecular flexibility index (Phi) is 5.34. The summed E-state index contributed by atoms with van der Waals surface area (Å²) in [5, 5.41) is 2.59. The Morgan fingerprint density at radius 3 is 2.37 bits per heavy atom. The normalized spacial score (nSPS) is 11.4. The molecule has 30 heavy (non-hydrogen) atoms. The van der Waals surface area contributed by atoms with E-state index in [0.29, 0.717) is 22.9 Å². The van der Waals surface area contributed by atoms with E-state index in [1.807, 2.05) is 0 Å². The summed E-state index contributed by atoms with van der Waals surface area (Å²) < 4.78 is 68.2. The highest BCUT2D eigenvalue weighted by molar-refractivity contribution is 6.18. The Hall–Kier alpha value is -3.69. The molecule has 10 heteroatoms. The van der Waals surface area contributed by atoms with Crippen molar-refractivity contribution in [3.63, 3.8) is 0 Å². The van der Waals surface area contributed by atoms with Crippen molar-refractivity contribution in [1.82, 2.24) is 9.55 Å². The third kappa shape index (κ3) is 4.02. The minimum atomic E-state index is -5.03. The number of carbonyl (C=O) groups is 1. The molecular formula is C20H15F5N4O. The van der Waals surface area contributed by atoms with Crippen LogP contribution in [-0.4, -0.2) is 15.5 Å². The summed E-state index contributed by atoms with van der Waals surface area (Å²) >= 11 is 0. The van der Waals surface area contributed by atoms with Crippen LogP contribution in [0.4, 0.5) is 33.3 Å². The number of aryl methyl sites for hydroxylation is 1. The van der Waals surface area contributed by atoms with Crippen LogP contribution in [0.15, 0.2) is 49.4 Å². The Morgan fingerprint density at radius 2 is 1.80 bits per heavy atom. The number of anilines is 2. The summed E-state index contributed by atoms with van der Waals surface area (Å²) in [5.41, 5.74) is 4.43. The number of aromatic nitrogens is 2. The topological polar surface area (TPSA) is 72.9 Å². The molecule has 0 saturated carbocycles. The molecule has 3 N–H and O–H groups in total. The first kappa shape index (κ1) is 21.0. The molecule has 0 radical (unpaired) electrons. The molecule has 3 aromatic rings. The molecule has 0 aliphatic rings. The first-order valence-electron chi connectivity index (χ1n) is 8.42. The van der Waals surface area contributed by atoms with Crippen molar-refractivity contribution < 1.29 is 26.7 Å². The van der Waals surface area contributed by atoms with E-state index in [-0.39, 0.29) is 11.3 Å². The molecule has 0 aliphatic carbocycles. The number of hydrogen-bond acceptors (Lipinski definition) is 3. The summed E-state index contributed by atoms with van der Waals surface area (Å²) in [4.78, 5) is 15.6. The van der Waals surface area contributed by atoms with E-state index < -0.39 is 35.0 Å². The predicted molar refractivity (Wildman–Crippen MR) is 102 cm³/mol. The first-order chi connectivity index (χ1) is 14.0. The van der Waals surface area contributed by atoms with Gasteiger partial charge in [-0.3, -0.25) is 4.79 Å². The van der Waals surface area contributed by atoms with Gasteiger partial charge in [0.15, 0.2) is 11.6 Å². The van der Waals surface area contributed by atoms with E-state index in [1.54, 1.807) is 17.8 Å². The van der Waals surface area contributed by atoms with E-state index in [9.17, 15) is 26.7 Å². The SMILES string of the molecule is C=C(C(N)=O)c1ccc(Nc2ccc(C(F)(F)F)c(F)c2F)c(-c2cn(C)cn2)c1. The zero-order valence-electron chi connectivity index (χ0n) is 15.5. The first-order valence-corrected chi connectivity index (χ1v) is 8.42. The fourth-order valence-corrected chi connectivity index (χ4v) is 2.76. The highest BCUT2D eigenvalue weighted by atomic mass is 19.4. The number of amides is 1. The number of nitrogens with one attached hydrogen (secondary N) is 1. The van der Waals surface area contributed by atoms with Gasteiger partial charge in [0, 0.05) is 30.1 Å². The van der Waals surface area contributed by atoms with Crippen LogP contribution in [0.3, 0.4) is 0 Å². The maximum absolute atomic E-state index is 14.3. The van der Waals surface area contributed by atoms with Gasteiger partial charge in [-0.05, 0) is 29.8 Å². The summed E-state index contributed by atoms with van der Waals surface area (Å²) in [7, 11) is 1.71.